The molecule has 0 atom stereocenters. The second-order valence-electron chi connectivity index (χ2n) is 4.83. The minimum atomic E-state index is 0.703. The summed E-state index contributed by atoms with van der Waals surface area (Å²) in [6.07, 6.45) is 1.06. The molecule has 0 fully saturated rings. The third-order valence-corrected chi connectivity index (χ3v) is 3.91. The van der Waals surface area contributed by atoms with Crippen molar-refractivity contribution in [2.45, 2.75) is 33.7 Å². The summed E-state index contributed by atoms with van der Waals surface area (Å²) in [4.78, 5) is 16.7. The van der Waals surface area contributed by atoms with Gasteiger partial charge in [0, 0.05) is 30.2 Å². The van der Waals surface area contributed by atoms with Gasteiger partial charge in [0.1, 0.15) is 5.82 Å². The standard InChI is InChI=1S/C14H21N5S/c1-5-6-15-14-17-10(2)7-13(18-14)19(4)8-12-11(3)16-9-20-12/h7,9H,5-6,8H2,1-4H3,(H,15,17,18). The van der Waals surface area contributed by atoms with Gasteiger partial charge in [0.25, 0.3) is 0 Å². The zero-order valence-corrected chi connectivity index (χ0v) is 13.3. The Balaban J connectivity index is 2.14. The SMILES string of the molecule is CCCNc1nc(C)cc(N(C)Cc2scnc2C)n1. The van der Waals surface area contributed by atoms with Crippen molar-refractivity contribution < 1.29 is 0 Å². The molecule has 5 nitrogen and oxygen atoms in total. The van der Waals surface area contributed by atoms with Crippen LogP contribution >= 0.6 is 11.3 Å². The third-order valence-electron chi connectivity index (χ3n) is 2.99. The lowest BCUT2D eigenvalue weighted by atomic mass is 10.3. The van der Waals surface area contributed by atoms with Crippen LogP contribution in [-0.4, -0.2) is 28.5 Å². The maximum atomic E-state index is 4.57. The Hall–Kier alpha value is -1.69. The lowest BCUT2D eigenvalue weighted by Gasteiger charge is -2.18. The summed E-state index contributed by atoms with van der Waals surface area (Å²) in [7, 11) is 2.05. The predicted octanol–water partition coefficient (Wildman–Crippen LogP) is 3.01. The molecule has 0 saturated carbocycles. The number of thiazole rings is 1. The Kier molecular flexibility index (Phi) is 4.89. The van der Waals surface area contributed by atoms with Gasteiger partial charge in [0.2, 0.25) is 5.95 Å². The molecule has 0 aromatic carbocycles. The first-order valence-corrected chi connectivity index (χ1v) is 7.67. The molecule has 0 radical (unpaired) electrons. The van der Waals surface area contributed by atoms with Crippen LogP contribution in [0.3, 0.4) is 0 Å². The van der Waals surface area contributed by atoms with Crippen LogP contribution < -0.4 is 10.2 Å². The molecule has 0 aliphatic heterocycles. The third kappa shape index (κ3) is 3.66. The van der Waals surface area contributed by atoms with Crippen molar-refractivity contribution in [2.75, 3.05) is 23.8 Å². The van der Waals surface area contributed by atoms with Crippen LogP contribution in [0.1, 0.15) is 29.6 Å². The maximum absolute atomic E-state index is 4.57. The number of nitrogens with zero attached hydrogens (tertiary/aromatic N) is 4. The van der Waals surface area contributed by atoms with Gasteiger partial charge in [-0.25, -0.2) is 9.97 Å². The number of rotatable bonds is 6. The van der Waals surface area contributed by atoms with E-state index >= 15 is 0 Å². The van der Waals surface area contributed by atoms with Crippen LogP contribution in [0.25, 0.3) is 0 Å². The van der Waals surface area contributed by atoms with E-state index in [0.717, 1.165) is 36.7 Å². The number of nitrogens with one attached hydrogen (secondary N) is 1. The van der Waals surface area contributed by atoms with Crippen molar-refractivity contribution in [3.63, 3.8) is 0 Å². The first-order chi connectivity index (χ1) is 9.60. The van der Waals surface area contributed by atoms with Gasteiger partial charge >= 0.3 is 0 Å². The summed E-state index contributed by atoms with van der Waals surface area (Å²) in [5.74, 6) is 1.64. The average molecular weight is 291 g/mol. The van der Waals surface area contributed by atoms with Gasteiger partial charge in [-0.3, -0.25) is 0 Å². The molecule has 2 aromatic rings. The molecule has 20 heavy (non-hydrogen) atoms. The van der Waals surface area contributed by atoms with Gasteiger partial charge in [-0.1, -0.05) is 6.92 Å². The summed E-state index contributed by atoms with van der Waals surface area (Å²) in [5.41, 5.74) is 3.95. The van der Waals surface area contributed by atoms with E-state index in [4.69, 9.17) is 0 Å². The van der Waals surface area contributed by atoms with E-state index in [1.807, 2.05) is 32.5 Å². The highest BCUT2D eigenvalue weighted by molar-refractivity contribution is 7.09. The second-order valence-corrected chi connectivity index (χ2v) is 5.77. The molecule has 2 aromatic heterocycles. The molecule has 108 valence electrons. The van der Waals surface area contributed by atoms with Gasteiger partial charge in [0.15, 0.2) is 0 Å². The normalized spacial score (nSPS) is 10.6. The minimum Gasteiger partial charge on any atom is -0.354 e. The highest BCUT2D eigenvalue weighted by atomic mass is 32.1. The zero-order chi connectivity index (χ0) is 14.5. The molecular weight excluding hydrogens is 270 g/mol. The lowest BCUT2D eigenvalue weighted by Crippen LogP contribution is -2.19. The van der Waals surface area contributed by atoms with Gasteiger partial charge < -0.3 is 10.2 Å². The van der Waals surface area contributed by atoms with Crippen LogP contribution in [-0.2, 0) is 6.54 Å². The Morgan fingerprint density at radius 1 is 1.30 bits per heavy atom. The van der Waals surface area contributed by atoms with Crippen molar-refractivity contribution in [1.29, 1.82) is 0 Å². The molecular formula is C14H21N5S. The monoisotopic (exact) mass is 291 g/mol. The van der Waals surface area contributed by atoms with Gasteiger partial charge in [-0.2, -0.15) is 4.98 Å². The molecule has 0 aliphatic carbocycles. The first-order valence-electron chi connectivity index (χ1n) is 6.79. The number of hydrogen-bond acceptors (Lipinski definition) is 6. The summed E-state index contributed by atoms with van der Waals surface area (Å²) < 4.78 is 0. The number of aryl methyl sites for hydroxylation is 2. The Bertz CT molecular complexity index is 566. The quantitative estimate of drug-likeness (QED) is 0.886. The van der Waals surface area contributed by atoms with E-state index < -0.39 is 0 Å². The lowest BCUT2D eigenvalue weighted by molar-refractivity contribution is 0.882. The fraction of sp³-hybridized carbons (Fsp3) is 0.500. The van der Waals surface area contributed by atoms with Crippen LogP contribution in [0.5, 0.6) is 0 Å². The molecule has 0 spiro atoms. The highest BCUT2D eigenvalue weighted by Crippen LogP contribution is 2.19. The molecule has 0 saturated heterocycles. The van der Waals surface area contributed by atoms with Crippen molar-refractivity contribution in [3.05, 3.63) is 27.8 Å². The van der Waals surface area contributed by atoms with E-state index in [1.165, 1.54) is 4.88 Å². The van der Waals surface area contributed by atoms with Crippen molar-refractivity contribution in [2.24, 2.45) is 0 Å². The molecule has 0 amide bonds. The molecule has 2 rings (SSSR count). The van der Waals surface area contributed by atoms with Crippen LogP contribution in [0.4, 0.5) is 11.8 Å². The smallest absolute Gasteiger partial charge is 0.224 e. The van der Waals surface area contributed by atoms with E-state index in [9.17, 15) is 0 Å². The van der Waals surface area contributed by atoms with Crippen LogP contribution in [0, 0.1) is 13.8 Å². The molecule has 0 aliphatic rings. The average Bonchev–Trinajstić information content (AvgIpc) is 2.81. The predicted molar refractivity (Wildman–Crippen MR) is 84.5 cm³/mol. The fourth-order valence-electron chi connectivity index (χ4n) is 1.84. The summed E-state index contributed by atoms with van der Waals surface area (Å²) >= 11 is 1.68. The van der Waals surface area contributed by atoms with E-state index in [1.54, 1.807) is 11.3 Å². The fourth-order valence-corrected chi connectivity index (χ4v) is 2.67. The van der Waals surface area contributed by atoms with Crippen molar-refractivity contribution in [3.8, 4) is 0 Å². The minimum absolute atomic E-state index is 0.703. The molecule has 0 unspecified atom stereocenters. The largest absolute Gasteiger partial charge is 0.354 e. The van der Waals surface area contributed by atoms with Gasteiger partial charge in [-0.15, -0.1) is 11.3 Å². The van der Waals surface area contributed by atoms with E-state index in [0.29, 0.717) is 5.95 Å². The molecule has 1 N–H and O–H groups in total. The van der Waals surface area contributed by atoms with Gasteiger partial charge in [-0.05, 0) is 20.3 Å². The summed E-state index contributed by atoms with van der Waals surface area (Å²) in [6.45, 7) is 7.87. The van der Waals surface area contributed by atoms with Crippen molar-refractivity contribution >= 4 is 23.1 Å². The Labute approximate surface area is 124 Å². The summed E-state index contributed by atoms with van der Waals surface area (Å²) in [6, 6.07) is 2.01. The van der Waals surface area contributed by atoms with Crippen LogP contribution in [0.2, 0.25) is 0 Å². The van der Waals surface area contributed by atoms with Crippen molar-refractivity contribution in [1.82, 2.24) is 15.0 Å². The summed E-state index contributed by atoms with van der Waals surface area (Å²) in [5, 5.41) is 3.24. The number of anilines is 2. The second kappa shape index (κ2) is 6.65. The highest BCUT2D eigenvalue weighted by Gasteiger charge is 2.10. The topological polar surface area (TPSA) is 53.9 Å². The van der Waals surface area contributed by atoms with E-state index in [-0.39, 0.29) is 0 Å². The number of hydrogen-bond donors (Lipinski definition) is 1. The number of aromatic nitrogens is 3. The van der Waals surface area contributed by atoms with E-state index in [2.05, 4.69) is 32.1 Å². The Morgan fingerprint density at radius 3 is 2.75 bits per heavy atom. The van der Waals surface area contributed by atoms with Crippen LogP contribution in [0.15, 0.2) is 11.6 Å². The maximum Gasteiger partial charge on any atom is 0.224 e. The molecule has 0 bridgehead atoms. The first kappa shape index (κ1) is 14.7. The Morgan fingerprint density at radius 2 is 2.10 bits per heavy atom. The zero-order valence-electron chi connectivity index (χ0n) is 12.5. The molecule has 6 heteroatoms. The van der Waals surface area contributed by atoms with Gasteiger partial charge in [0.05, 0.1) is 17.7 Å². The molecule has 2 heterocycles.